The molecule has 2 amide bonds. The number of hydrogen-bond donors (Lipinski definition) is 3. The molecule has 0 fully saturated rings. The van der Waals surface area contributed by atoms with E-state index in [2.05, 4.69) is 10.6 Å². The summed E-state index contributed by atoms with van der Waals surface area (Å²) in [5, 5.41) is 7.59. The number of benzene rings is 1. The van der Waals surface area contributed by atoms with Crippen LogP contribution in [-0.4, -0.2) is 24.9 Å². The summed E-state index contributed by atoms with van der Waals surface area (Å²) >= 11 is 1.41. The van der Waals surface area contributed by atoms with Crippen molar-refractivity contribution in [3.8, 4) is 0 Å². The maximum absolute atomic E-state index is 11.9. The monoisotopic (exact) mass is 367 g/mol. The molecule has 0 radical (unpaired) electrons. The van der Waals surface area contributed by atoms with Crippen LogP contribution in [0.2, 0.25) is 0 Å². The summed E-state index contributed by atoms with van der Waals surface area (Å²) in [4.78, 5) is 24.5. The van der Waals surface area contributed by atoms with Crippen molar-refractivity contribution < 1.29 is 9.59 Å². The first kappa shape index (κ1) is 20.2. The van der Waals surface area contributed by atoms with Gasteiger partial charge in [-0.25, -0.2) is 0 Å². The number of carbonyl (C=O) groups excluding carboxylic acids is 2. The molecule has 0 saturated carbocycles. The molecule has 0 aliphatic heterocycles. The molecule has 2 aromatic rings. The molecule has 1 aromatic carbocycles. The summed E-state index contributed by atoms with van der Waals surface area (Å²) in [6, 6.07) is 10.9. The van der Waals surface area contributed by atoms with E-state index in [1.807, 2.05) is 23.6 Å². The van der Waals surface area contributed by atoms with Crippen LogP contribution in [0.3, 0.4) is 0 Å². The number of thiophene rings is 1. The Morgan fingerprint density at radius 2 is 1.75 bits per heavy atom. The van der Waals surface area contributed by atoms with Crippen LogP contribution < -0.4 is 16.4 Å². The van der Waals surface area contributed by atoms with E-state index in [9.17, 15) is 9.59 Å². The zero-order valence-corrected chi connectivity index (χ0v) is 14.9. The minimum absolute atomic E-state index is 0. The molecule has 2 rings (SSSR count). The van der Waals surface area contributed by atoms with Crippen molar-refractivity contribution in [2.75, 3.05) is 13.1 Å². The van der Waals surface area contributed by atoms with Gasteiger partial charge in [0.25, 0.3) is 11.8 Å². The third-order valence-corrected chi connectivity index (χ3v) is 4.20. The number of nitrogens with one attached hydrogen (secondary N) is 2. The van der Waals surface area contributed by atoms with Gasteiger partial charge in [-0.15, -0.1) is 23.7 Å². The van der Waals surface area contributed by atoms with E-state index < -0.39 is 0 Å². The summed E-state index contributed by atoms with van der Waals surface area (Å²) in [6.45, 7) is 1.71. The fourth-order valence-electron chi connectivity index (χ4n) is 2.02. The van der Waals surface area contributed by atoms with Gasteiger partial charge < -0.3 is 16.4 Å². The van der Waals surface area contributed by atoms with Gasteiger partial charge in [-0.2, -0.15) is 0 Å². The molecule has 0 saturated heterocycles. The summed E-state index contributed by atoms with van der Waals surface area (Å²) in [6.07, 6.45) is 1.79. The fraction of sp³-hybridized carbons (Fsp3) is 0.294. The van der Waals surface area contributed by atoms with Crippen LogP contribution >= 0.6 is 23.7 Å². The predicted octanol–water partition coefficient (Wildman–Crippen LogP) is 2.57. The molecule has 130 valence electrons. The molecule has 0 aliphatic rings. The van der Waals surface area contributed by atoms with Crippen LogP contribution in [0.5, 0.6) is 0 Å². The van der Waals surface area contributed by atoms with Gasteiger partial charge >= 0.3 is 0 Å². The molecular weight excluding hydrogens is 346 g/mol. The Labute approximate surface area is 152 Å². The van der Waals surface area contributed by atoms with Crippen molar-refractivity contribution in [1.29, 1.82) is 0 Å². The predicted molar refractivity (Wildman–Crippen MR) is 99.8 cm³/mol. The number of halogens is 1. The molecular formula is C17H22ClN3O2S. The SMILES string of the molecule is Cl.NCCCCNC(=O)c1ccc(CNC(=O)c2cccs2)cc1. The third-order valence-electron chi connectivity index (χ3n) is 3.33. The molecule has 0 aliphatic carbocycles. The van der Waals surface area contributed by atoms with Crippen molar-refractivity contribution in [2.45, 2.75) is 19.4 Å². The lowest BCUT2D eigenvalue weighted by molar-refractivity contribution is 0.0944. The molecule has 1 heterocycles. The first-order valence-corrected chi connectivity index (χ1v) is 8.47. The van der Waals surface area contributed by atoms with Crippen LogP contribution in [0, 0.1) is 0 Å². The van der Waals surface area contributed by atoms with Gasteiger partial charge in [0.2, 0.25) is 0 Å². The Hall–Kier alpha value is -1.89. The third kappa shape index (κ3) is 6.31. The number of hydrogen-bond acceptors (Lipinski definition) is 4. The molecule has 24 heavy (non-hydrogen) atoms. The zero-order valence-electron chi connectivity index (χ0n) is 13.3. The van der Waals surface area contributed by atoms with Crippen LogP contribution in [-0.2, 0) is 6.54 Å². The molecule has 0 spiro atoms. The first-order valence-electron chi connectivity index (χ1n) is 7.59. The van der Waals surface area contributed by atoms with Crippen molar-refractivity contribution in [2.24, 2.45) is 5.73 Å². The Morgan fingerprint density at radius 3 is 2.38 bits per heavy atom. The second kappa shape index (κ2) is 10.8. The maximum Gasteiger partial charge on any atom is 0.261 e. The van der Waals surface area contributed by atoms with Crippen LogP contribution in [0.4, 0.5) is 0 Å². The highest BCUT2D eigenvalue weighted by atomic mass is 35.5. The van der Waals surface area contributed by atoms with Gasteiger partial charge in [0.1, 0.15) is 0 Å². The van der Waals surface area contributed by atoms with Crippen molar-refractivity contribution in [1.82, 2.24) is 10.6 Å². The van der Waals surface area contributed by atoms with Crippen molar-refractivity contribution >= 4 is 35.6 Å². The smallest absolute Gasteiger partial charge is 0.261 e. The van der Waals surface area contributed by atoms with E-state index >= 15 is 0 Å². The zero-order chi connectivity index (χ0) is 16.5. The Bertz CT molecular complexity index is 630. The number of unbranched alkanes of at least 4 members (excludes halogenated alkanes) is 1. The largest absolute Gasteiger partial charge is 0.352 e. The lowest BCUT2D eigenvalue weighted by Gasteiger charge is -2.07. The van der Waals surface area contributed by atoms with Gasteiger partial charge in [0.05, 0.1) is 4.88 Å². The molecule has 0 bridgehead atoms. The minimum atomic E-state index is -0.0869. The van der Waals surface area contributed by atoms with E-state index in [1.54, 1.807) is 18.2 Å². The summed E-state index contributed by atoms with van der Waals surface area (Å²) < 4.78 is 0. The van der Waals surface area contributed by atoms with Crippen molar-refractivity contribution in [3.63, 3.8) is 0 Å². The highest BCUT2D eigenvalue weighted by Crippen LogP contribution is 2.09. The lowest BCUT2D eigenvalue weighted by atomic mass is 10.1. The van der Waals surface area contributed by atoms with Crippen molar-refractivity contribution in [3.05, 3.63) is 57.8 Å². The average Bonchev–Trinajstić information content (AvgIpc) is 3.11. The van der Waals surface area contributed by atoms with Gasteiger partial charge in [0.15, 0.2) is 0 Å². The number of rotatable bonds is 8. The molecule has 1 aromatic heterocycles. The van der Waals surface area contributed by atoms with E-state index in [1.165, 1.54) is 11.3 Å². The molecule has 7 heteroatoms. The van der Waals surface area contributed by atoms with Crippen LogP contribution in [0.25, 0.3) is 0 Å². The number of nitrogens with two attached hydrogens (primary N) is 1. The van der Waals surface area contributed by atoms with E-state index in [0.717, 1.165) is 18.4 Å². The molecule has 5 nitrogen and oxygen atoms in total. The molecule has 0 atom stereocenters. The molecule has 0 unspecified atom stereocenters. The maximum atomic E-state index is 11.9. The second-order valence-corrected chi connectivity index (χ2v) is 6.06. The Balaban J connectivity index is 0.00000288. The van der Waals surface area contributed by atoms with Gasteiger partial charge in [-0.05, 0) is 48.5 Å². The summed E-state index contributed by atoms with van der Waals surface area (Å²) in [5.74, 6) is -0.169. The average molecular weight is 368 g/mol. The standard InChI is InChI=1S/C17H21N3O2S.ClH/c18-9-1-2-10-19-16(21)14-7-5-13(6-8-14)12-20-17(22)15-4-3-11-23-15;/h3-8,11H,1-2,9-10,12,18H2,(H,19,21)(H,20,22);1H. The van der Waals surface area contributed by atoms with E-state index in [4.69, 9.17) is 5.73 Å². The summed E-state index contributed by atoms with van der Waals surface area (Å²) in [7, 11) is 0. The second-order valence-electron chi connectivity index (χ2n) is 5.11. The lowest BCUT2D eigenvalue weighted by Crippen LogP contribution is -2.25. The number of amides is 2. The van der Waals surface area contributed by atoms with Gasteiger partial charge in [0, 0.05) is 18.7 Å². The first-order chi connectivity index (χ1) is 11.2. The quantitative estimate of drug-likeness (QED) is 0.627. The normalized spacial score (nSPS) is 9.88. The molecule has 4 N–H and O–H groups in total. The number of carbonyl (C=O) groups is 2. The summed E-state index contributed by atoms with van der Waals surface area (Å²) in [5.41, 5.74) is 6.98. The Kier molecular flexibility index (Phi) is 9.07. The highest BCUT2D eigenvalue weighted by molar-refractivity contribution is 7.12. The fourth-order valence-corrected chi connectivity index (χ4v) is 2.66. The van der Waals surface area contributed by atoms with Gasteiger partial charge in [-0.3, -0.25) is 9.59 Å². The van der Waals surface area contributed by atoms with Crippen LogP contribution in [0.1, 0.15) is 38.4 Å². The minimum Gasteiger partial charge on any atom is -0.352 e. The Morgan fingerprint density at radius 1 is 1.00 bits per heavy atom. The van der Waals surface area contributed by atoms with Crippen LogP contribution in [0.15, 0.2) is 41.8 Å². The van der Waals surface area contributed by atoms with E-state index in [-0.39, 0.29) is 24.2 Å². The highest BCUT2D eigenvalue weighted by Gasteiger charge is 2.07. The topological polar surface area (TPSA) is 84.2 Å². The van der Waals surface area contributed by atoms with E-state index in [0.29, 0.717) is 30.1 Å². The van der Waals surface area contributed by atoms with Gasteiger partial charge in [-0.1, -0.05) is 18.2 Å².